The highest BCUT2D eigenvalue weighted by Gasteiger charge is 2.21. The van der Waals surface area contributed by atoms with Gasteiger partial charge in [-0.25, -0.2) is 4.79 Å². The molecule has 1 N–H and O–H groups in total. The largest absolute Gasteiger partial charge is 0.459 e. The normalized spacial score (nSPS) is 21.7. The van der Waals surface area contributed by atoms with E-state index in [0.717, 1.165) is 36.3 Å². The minimum atomic E-state index is -0.668. The minimum Gasteiger partial charge on any atom is -0.459 e. The number of nitrogens with zero attached hydrogens (tertiary/aromatic N) is 2. The summed E-state index contributed by atoms with van der Waals surface area (Å²) in [5, 5.41) is 6.94. The van der Waals surface area contributed by atoms with Crippen LogP contribution in [0.15, 0.2) is 32.0 Å². The highest BCUT2D eigenvalue weighted by molar-refractivity contribution is 5.75. The summed E-state index contributed by atoms with van der Waals surface area (Å²) in [6, 6.07) is 3.50. The van der Waals surface area contributed by atoms with E-state index in [9.17, 15) is 9.59 Å². The second kappa shape index (κ2) is 6.21. The minimum absolute atomic E-state index is 0.0780. The summed E-state index contributed by atoms with van der Waals surface area (Å²) in [5.41, 5.74) is 0. The first-order valence-electron chi connectivity index (χ1n) is 7.53. The lowest BCUT2D eigenvalue weighted by Crippen LogP contribution is -2.40. The maximum Gasteiger partial charge on any atom is 0.437 e. The first-order chi connectivity index (χ1) is 10.6. The van der Waals surface area contributed by atoms with Crippen molar-refractivity contribution < 1.29 is 13.6 Å². The number of hydrogen-bond donors (Lipinski definition) is 1. The van der Waals surface area contributed by atoms with Crippen molar-refractivity contribution in [2.24, 2.45) is 5.92 Å². The summed E-state index contributed by atoms with van der Waals surface area (Å²) in [4.78, 5) is 23.8. The maximum atomic E-state index is 12.0. The van der Waals surface area contributed by atoms with Crippen molar-refractivity contribution in [2.45, 2.75) is 45.2 Å². The third-order valence-corrected chi connectivity index (χ3v) is 4.01. The first kappa shape index (κ1) is 14.6. The highest BCUT2D eigenvalue weighted by Crippen LogP contribution is 2.23. The molecule has 1 aliphatic rings. The third-order valence-electron chi connectivity index (χ3n) is 4.01. The van der Waals surface area contributed by atoms with Gasteiger partial charge in [-0.05, 0) is 43.7 Å². The van der Waals surface area contributed by atoms with Crippen LogP contribution in [0.4, 0.5) is 0 Å². The Morgan fingerprint density at radius 3 is 2.86 bits per heavy atom. The molecule has 1 saturated carbocycles. The molecule has 7 heteroatoms. The number of nitrogens with one attached hydrogen (secondary N) is 1. The number of aromatic nitrogens is 2. The standard InChI is InChI=1S/C15H19N3O4/c1-10-4-6-11(7-5-10)16-13(19)9-18-15(20)22-14(17-18)12-3-2-8-21-12/h2-3,8,10-11H,4-7,9H2,1H3,(H,16,19). The van der Waals surface area contributed by atoms with Crippen LogP contribution < -0.4 is 11.1 Å². The van der Waals surface area contributed by atoms with E-state index in [1.807, 2.05) is 0 Å². The van der Waals surface area contributed by atoms with Crippen molar-refractivity contribution >= 4 is 5.91 Å². The molecule has 7 nitrogen and oxygen atoms in total. The number of hydrogen-bond acceptors (Lipinski definition) is 5. The van der Waals surface area contributed by atoms with Gasteiger partial charge >= 0.3 is 5.76 Å². The molecule has 0 aliphatic heterocycles. The highest BCUT2D eigenvalue weighted by atomic mass is 16.4. The number of carbonyl (C=O) groups excluding carboxylic acids is 1. The quantitative estimate of drug-likeness (QED) is 0.930. The van der Waals surface area contributed by atoms with Crippen LogP contribution >= 0.6 is 0 Å². The molecule has 0 atom stereocenters. The molecule has 0 saturated heterocycles. The average molecular weight is 305 g/mol. The molecule has 1 amide bonds. The van der Waals surface area contributed by atoms with Gasteiger partial charge in [0.05, 0.1) is 6.26 Å². The zero-order chi connectivity index (χ0) is 15.5. The van der Waals surface area contributed by atoms with Crippen LogP contribution in [0, 0.1) is 5.92 Å². The fourth-order valence-corrected chi connectivity index (χ4v) is 2.72. The van der Waals surface area contributed by atoms with Crippen LogP contribution in [-0.2, 0) is 11.3 Å². The van der Waals surface area contributed by atoms with Crippen molar-refractivity contribution in [3.05, 3.63) is 28.9 Å². The number of furan rings is 1. The topological polar surface area (TPSA) is 90.3 Å². The maximum absolute atomic E-state index is 12.0. The number of carbonyl (C=O) groups is 1. The average Bonchev–Trinajstić information content (AvgIpc) is 3.12. The van der Waals surface area contributed by atoms with Crippen molar-refractivity contribution in [1.29, 1.82) is 0 Å². The van der Waals surface area contributed by atoms with E-state index in [0.29, 0.717) is 5.76 Å². The summed E-state index contributed by atoms with van der Waals surface area (Å²) < 4.78 is 11.1. The Morgan fingerprint density at radius 2 is 2.18 bits per heavy atom. The Kier molecular flexibility index (Phi) is 4.13. The summed E-state index contributed by atoms with van der Waals surface area (Å²) >= 11 is 0. The van der Waals surface area contributed by atoms with Gasteiger partial charge in [-0.15, -0.1) is 5.10 Å². The first-order valence-corrected chi connectivity index (χ1v) is 7.53. The van der Waals surface area contributed by atoms with Crippen molar-refractivity contribution in [3.8, 4) is 11.7 Å². The molecule has 2 aromatic rings. The smallest absolute Gasteiger partial charge is 0.437 e. The fourth-order valence-electron chi connectivity index (χ4n) is 2.72. The van der Waals surface area contributed by atoms with E-state index in [1.54, 1.807) is 12.1 Å². The molecule has 0 aromatic carbocycles. The Balaban J connectivity index is 1.61. The van der Waals surface area contributed by atoms with Gasteiger partial charge in [-0.3, -0.25) is 4.79 Å². The molecule has 0 bridgehead atoms. The van der Waals surface area contributed by atoms with Gasteiger partial charge in [0.1, 0.15) is 6.54 Å². The molecule has 0 spiro atoms. The van der Waals surface area contributed by atoms with Gasteiger partial charge < -0.3 is 14.2 Å². The second-order valence-electron chi connectivity index (χ2n) is 5.83. The molecule has 3 rings (SSSR count). The van der Waals surface area contributed by atoms with Crippen molar-refractivity contribution in [1.82, 2.24) is 15.1 Å². The molecular formula is C15H19N3O4. The van der Waals surface area contributed by atoms with Gasteiger partial charge in [-0.2, -0.15) is 4.68 Å². The molecule has 1 fully saturated rings. The van der Waals surface area contributed by atoms with Crippen LogP contribution in [0.2, 0.25) is 0 Å². The predicted molar refractivity (Wildman–Crippen MR) is 78.0 cm³/mol. The third kappa shape index (κ3) is 3.29. The SMILES string of the molecule is CC1CCC(NC(=O)Cn2nc(-c3ccco3)oc2=O)CC1. The summed E-state index contributed by atoms with van der Waals surface area (Å²) in [7, 11) is 0. The van der Waals surface area contributed by atoms with E-state index in [4.69, 9.17) is 8.83 Å². The molecule has 2 aromatic heterocycles. The second-order valence-corrected chi connectivity index (χ2v) is 5.83. The summed E-state index contributed by atoms with van der Waals surface area (Å²) in [5.74, 6) is 0.272. The Morgan fingerprint density at radius 1 is 1.41 bits per heavy atom. The van der Waals surface area contributed by atoms with E-state index < -0.39 is 5.76 Å². The Bertz CT molecular complexity index is 678. The molecule has 2 heterocycles. The molecule has 118 valence electrons. The Hall–Kier alpha value is -2.31. The molecular weight excluding hydrogens is 286 g/mol. The Labute approximate surface area is 127 Å². The fraction of sp³-hybridized carbons (Fsp3) is 0.533. The lowest BCUT2D eigenvalue weighted by atomic mass is 9.87. The number of rotatable bonds is 4. The van der Waals surface area contributed by atoms with Gasteiger partial charge in [0.25, 0.3) is 5.89 Å². The lowest BCUT2D eigenvalue weighted by molar-refractivity contribution is -0.122. The molecule has 22 heavy (non-hydrogen) atoms. The monoisotopic (exact) mass is 305 g/mol. The lowest BCUT2D eigenvalue weighted by Gasteiger charge is -2.26. The predicted octanol–water partition coefficient (Wildman–Crippen LogP) is 1.79. The molecule has 0 unspecified atom stereocenters. The zero-order valence-corrected chi connectivity index (χ0v) is 12.4. The van der Waals surface area contributed by atoms with Crippen LogP contribution in [-0.4, -0.2) is 21.7 Å². The van der Waals surface area contributed by atoms with E-state index in [1.165, 1.54) is 6.26 Å². The van der Waals surface area contributed by atoms with Crippen LogP contribution in [0.1, 0.15) is 32.6 Å². The van der Waals surface area contributed by atoms with Crippen LogP contribution in [0.3, 0.4) is 0 Å². The van der Waals surface area contributed by atoms with E-state index >= 15 is 0 Å². The van der Waals surface area contributed by atoms with Crippen molar-refractivity contribution in [2.75, 3.05) is 0 Å². The van der Waals surface area contributed by atoms with E-state index in [-0.39, 0.29) is 24.4 Å². The van der Waals surface area contributed by atoms with Crippen molar-refractivity contribution in [3.63, 3.8) is 0 Å². The van der Waals surface area contributed by atoms with Gasteiger partial charge in [0.15, 0.2) is 5.76 Å². The number of amides is 1. The summed E-state index contributed by atoms with van der Waals surface area (Å²) in [6.45, 7) is 2.08. The van der Waals surface area contributed by atoms with Crippen LogP contribution in [0.25, 0.3) is 11.7 Å². The summed E-state index contributed by atoms with van der Waals surface area (Å²) in [6.07, 6.45) is 5.68. The van der Waals surface area contributed by atoms with Crippen LogP contribution in [0.5, 0.6) is 0 Å². The molecule has 1 aliphatic carbocycles. The zero-order valence-electron chi connectivity index (χ0n) is 12.4. The van der Waals surface area contributed by atoms with E-state index in [2.05, 4.69) is 17.3 Å². The van der Waals surface area contributed by atoms with Gasteiger partial charge in [0, 0.05) is 6.04 Å². The van der Waals surface area contributed by atoms with Gasteiger partial charge in [-0.1, -0.05) is 6.92 Å². The molecule has 0 radical (unpaired) electrons. The van der Waals surface area contributed by atoms with Gasteiger partial charge in [0.2, 0.25) is 5.91 Å².